The molecule has 7 heteroatoms. The van der Waals surface area contributed by atoms with Crippen molar-refractivity contribution < 1.29 is 14.2 Å². The number of halogens is 4. The van der Waals surface area contributed by atoms with E-state index in [2.05, 4.69) is 38.8 Å². The summed E-state index contributed by atoms with van der Waals surface area (Å²) in [5, 5.41) is 0. The van der Waals surface area contributed by atoms with Gasteiger partial charge in [0.1, 0.15) is 22.6 Å². The molecule has 0 N–H and O–H groups in total. The van der Waals surface area contributed by atoms with Gasteiger partial charge in [-0.1, -0.05) is 30.1 Å². The highest BCUT2D eigenvalue weighted by Gasteiger charge is 2.09. The molecule has 0 aromatic heterocycles. The van der Waals surface area contributed by atoms with Crippen LogP contribution >= 0.6 is 55.1 Å². The molecule has 0 aliphatic rings. The molecule has 0 amide bonds. The molecule has 1 aromatic carbocycles. The lowest BCUT2D eigenvalue weighted by Crippen LogP contribution is -2.04. The fourth-order valence-corrected chi connectivity index (χ4v) is 2.82. The molecule has 0 atom stereocenters. The standard InChI is InChI=1S/C20H26Br2Cl2O3/c1-3-16-14-17(26-12-8-19(23)24)13-15(2)20(16)27-10-6-4-5-9-25-11-7-18(21)22/h7-8,13-14H,3-6,9-12H2,1-2H3. The Morgan fingerprint density at radius 3 is 2.41 bits per heavy atom. The number of unbranched alkanes of at least 4 members (excludes halogenated alkanes) is 2. The minimum Gasteiger partial charge on any atom is -0.493 e. The summed E-state index contributed by atoms with van der Waals surface area (Å²) in [6, 6.07) is 4.00. The van der Waals surface area contributed by atoms with Gasteiger partial charge in [0.2, 0.25) is 0 Å². The van der Waals surface area contributed by atoms with Crippen LogP contribution in [0.1, 0.15) is 37.3 Å². The van der Waals surface area contributed by atoms with Crippen LogP contribution in [-0.4, -0.2) is 26.4 Å². The lowest BCUT2D eigenvalue weighted by Gasteiger charge is -2.15. The number of hydrogen-bond donors (Lipinski definition) is 0. The Bertz CT molecular complexity index is 626. The van der Waals surface area contributed by atoms with Gasteiger partial charge in [0.25, 0.3) is 0 Å². The van der Waals surface area contributed by atoms with E-state index in [1.54, 1.807) is 6.08 Å². The normalized spacial score (nSPS) is 10.4. The molecule has 27 heavy (non-hydrogen) atoms. The minimum atomic E-state index is 0.209. The average molecular weight is 545 g/mol. The van der Waals surface area contributed by atoms with E-state index in [0.29, 0.717) is 19.8 Å². The summed E-state index contributed by atoms with van der Waals surface area (Å²) in [5.74, 6) is 1.75. The third-order valence-corrected chi connectivity index (χ3v) is 4.68. The van der Waals surface area contributed by atoms with Crippen molar-refractivity contribution in [1.29, 1.82) is 0 Å². The fourth-order valence-electron chi connectivity index (χ4n) is 2.43. The van der Waals surface area contributed by atoms with Crippen molar-refractivity contribution in [3.05, 3.63) is 43.3 Å². The molecule has 0 unspecified atom stereocenters. The van der Waals surface area contributed by atoms with Crippen LogP contribution in [-0.2, 0) is 11.2 Å². The maximum absolute atomic E-state index is 6.04. The first-order chi connectivity index (χ1) is 12.9. The highest BCUT2D eigenvalue weighted by molar-refractivity contribution is 9.28. The third-order valence-electron chi connectivity index (χ3n) is 3.73. The summed E-state index contributed by atoms with van der Waals surface area (Å²) in [6.45, 7) is 6.56. The predicted octanol–water partition coefficient (Wildman–Crippen LogP) is 7.45. The summed E-state index contributed by atoms with van der Waals surface area (Å²) >= 11 is 17.8. The Kier molecular flexibility index (Phi) is 13.6. The molecular formula is C20H26Br2Cl2O3. The number of benzene rings is 1. The molecule has 3 nitrogen and oxygen atoms in total. The van der Waals surface area contributed by atoms with Gasteiger partial charge >= 0.3 is 0 Å². The van der Waals surface area contributed by atoms with Crippen LogP contribution in [0.4, 0.5) is 0 Å². The van der Waals surface area contributed by atoms with Gasteiger partial charge in [0.15, 0.2) is 0 Å². The van der Waals surface area contributed by atoms with Crippen LogP contribution in [0.25, 0.3) is 0 Å². The largest absolute Gasteiger partial charge is 0.493 e. The molecule has 0 heterocycles. The van der Waals surface area contributed by atoms with E-state index in [0.717, 1.165) is 58.3 Å². The van der Waals surface area contributed by atoms with Crippen molar-refractivity contribution >= 4 is 55.1 Å². The minimum absolute atomic E-state index is 0.209. The zero-order chi connectivity index (χ0) is 20.1. The first-order valence-corrected chi connectivity index (χ1v) is 11.3. The van der Waals surface area contributed by atoms with E-state index < -0.39 is 0 Å². The van der Waals surface area contributed by atoms with Gasteiger partial charge in [-0.3, -0.25) is 0 Å². The number of rotatable bonds is 13. The van der Waals surface area contributed by atoms with Gasteiger partial charge in [0.05, 0.1) is 16.6 Å². The van der Waals surface area contributed by atoms with Crippen molar-refractivity contribution in [2.75, 3.05) is 26.4 Å². The lowest BCUT2D eigenvalue weighted by atomic mass is 10.1. The summed E-state index contributed by atoms with van der Waals surface area (Å²) in [6.07, 6.45) is 7.54. The van der Waals surface area contributed by atoms with Crippen LogP contribution in [0.3, 0.4) is 0 Å². The zero-order valence-electron chi connectivity index (χ0n) is 15.7. The van der Waals surface area contributed by atoms with E-state index in [9.17, 15) is 0 Å². The summed E-state index contributed by atoms with van der Waals surface area (Å²) in [4.78, 5) is 0. The Hall–Kier alpha value is -0.200. The molecule has 0 bridgehead atoms. The van der Waals surface area contributed by atoms with Crippen molar-refractivity contribution in [1.82, 2.24) is 0 Å². The second kappa shape index (κ2) is 14.7. The van der Waals surface area contributed by atoms with Gasteiger partial charge in [-0.05, 0) is 99.9 Å². The van der Waals surface area contributed by atoms with E-state index in [4.69, 9.17) is 37.4 Å². The van der Waals surface area contributed by atoms with Crippen LogP contribution in [0, 0.1) is 6.92 Å². The molecular weight excluding hydrogens is 519 g/mol. The van der Waals surface area contributed by atoms with Crippen LogP contribution in [0.2, 0.25) is 0 Å². The molecule has 0 saturated heterocycles. The first kappa shape index (κ1) is 24.8. The fraction of sp³-hybridized carbons (Fsp3) is 0.500. The van der Waals surface area contributed by atoms with Gasteiger partial charge < -0.3 is 14.2 Å². The van der Waals surface area contributed by atoms with Crippen LogP contribution in [0.5, 0.6) is 11.5 Å². The quantitative estimate of drug-likeness (QED) is 0.241. The van der Waals surface area contributed by atoms with Crippen LogP contribution in [0.15, 0.2) is 32.2 Å². The van der Waals surface area contributed by atoms with E-state index in [1.165, 1.54) is 0 Å². The van der Waals surface area contributed by atoms with Gasteiger partial charge in [-0.25, -0.2) is 0 Å². The predicted molar refractivity (Wildman–Crippen MR) is 122 cm³/mol. The Morgan fingerprint density at radius 1 is 1.00 bits per heavy atom. The van der Waals surface area contributed by atoms with E-state index in [1.807, 2.05) is 25.1 Å². The second-order valence-electron chi connectivity index (χ2n) is 5.86. The number of hydrogen-bond acceptors (Lipinski definition) is 3. The number of aryl methyl sites for hydroxylation is 2. The van der Waals surface area contributed by atoms with Gasteiger partial charge in [0, 0.05) is 6.61 Å². The third kappa shape index (κ3) is 11.4. The maximum atomic E-state index is 6.04. The molecule has 1 rings (SSSR count). The van der Waals surface area contributed by atoms with Gasteiger partial charge in [-0.2, -0.15) is 0 Å². The Labute approximate surface area is 189 Å². The SMILES string of the molecule is CCc1cc(OCC=C(Cl)Cl)cc(C)c1OCCCCCOCC=C(Br)Br. The van der Waals surface area contributed by atoms with Crippen molar-refractivity contribution in [3.8, 4) is 11.5 Å². The average Bonchev–Trinajstić information content (AvgIpc) is 2.60. The summed E-state index contributed by atoms with van der Waals surface area (Å²) in [5.41, 5.74) is 2.21. The highest BCUT2D eigenvalue weighted by Crippen LogP contribution is 2.30. The molecule has 0 saturated carbocycles. The Morgan fingerprint density at radius 2 is 1.74 bits per heavy atom. The van der Waals surface area contributed by atoms with Crippen molar-refractivity contribution in [2.24, 2.45) is 0 Å². The van der Waals surface area contributed by atoms with Crippen molar-refractivity contribution in [3.63, 3.8) is 0 Å². The topological polar surface area (TPSA) is 27.7 Å². The maximum Gasteiger partial charge on any atom is 0.125 e. The monoisotopic (exact) mass is 542 g/mol. The molecule has 0 spiro atoms. The van der Waals surface area contributed by atoms with Gasteiger partial charge in [-0.15, -0.1) is 0 Å². The second-order valence-corrected chi connectivity index (χ2v) is 9.65. The first-order valence-electron chi connectivity index (χ1n) is 8.93. The molecule has 0 radical (unpaired) electrons. The molecule has 0 aliphatic heterocycles. The number of ether oxygens (including phenoxy) is 3. The molecule has 0 aliphatic carbocycles. The highest BCUT2D eigenvalue weighted by atomic mass is 79.9. The zero-order valence-corrected chi connectivity index (χ0v) is 20.4. The Balaban J connectivity index is 2.39. The molecule has 152 valence electrons. The van der Waals surface area contributed by atoms with Crippen LogP contribution < -0.4 is 9.47 Å². The summed E-state index contributed by atoms with van der Waals surface area (Å²) in [7, 11) is 0. The van der Waals surface area contributed by atoms with E-state index >= 15 is 0 Å². The summed E-state index contributed by atoms with van der Waals surface area (Å²) < 4.78 is 18.4. The van der Waals surface area contributed by atoms with Crippen molar-refractivity contribution in [2.45, 2.75) is 39.5 Å². The molecule has 0 fully saturated rings. The molecule has 1 aromatic rings. The van der Waals surface area contributed by atoms with E-state index in [-0.39, 0.29) is 4.49 Å². The lowest BCUT2D eigenvalue weighted by molar-refractivity contribution is 0.155. The smallest absolute Gasteiger partial charge is 0.125 e.